The van der Waals surface area contributed by atoms with Gasteiger partial charge in [-0.3, -0.25) is 0 Å². The molecule has 1 nitrogen and oxygen atoms in total. The van der Waals surface area contributed by atoms with Crippen molar-refractivity contribution in [2.45, 2.75) is 37.6 Å². The zero-order valence-corrected chi connectivity index (χ0v) is 6.95. The molecule has 8 heavy (non-hydrogen) atoms. The molecule has 0 fully saturated rings. The maximum atomic E-state index is 5.45. The normalized spacial score (nSPS) is 13.9. The first-order valence-corrected chi connectivity index (χ1v) is 4.08. The van der Waals surface area contributed by atoms with Crippen molar-refractivity contribution in [1.82, 2.24) is 0 Å². The third kappa shape index (κ3) is 6.44. The largest absolute Gasteiger partial charge is 0.319 e. The van der Waals surface area contributed by atoms with Crippen LogP contribution in [0.15, 0.2) is 0 Å². The van der Waals surface area contributed by atoms with Gasteiger partial charge in [0.15, 0.2) is 0 Å². The summed E-state index contributed by atoms with van der Waals surface area (Å²) in [5.74, 6) is 0. The van der Waals surface area contributed by atoms with E-state index in [0.29, 0.717) is 0 Å². The molecule has 0 heterocycles. The minimum absolute atomic E-state index is 0.217. The summed E-state index contributed by atoms with van der Waals surface area (Å²) < 4.78 is 0. The van der Waals surface area contributed by atoms with Crippen LogP contribution in [0.3, 0.4) is 0 Å². The highest BCUT2D eigenvalue weighted by Gasteiger charge is 1.92. The molecule has 2 heteroatoms. The summed E-state index contributed by atoms with van der Waals surface area (Å²) >= 11 is 3.28. The number of hydrogen-bond acceptors (Lipinski definition) is 1. The predicted octanol–water partition coefficient (Wildman–Crippen LogP) is 2.25. The van der Waals surface area contributed by atoms with E-state index >= 15 is 0 Å². The molecule has 0 bridgehead atoms. The maximum Gasteiger partial charge on any atom is 0.0605 e. The Morgan fingerprint density at radius 2 is 2.12 bits per heavy atom. The topological polar surface area (TPSA) is 26.0 Å². The Bertz CT molecular complexity index is 45.8. The summed E-state index contributed by atoms with van der Waals surface area (Å²) in [5, 5.41) is 0. The van der Waals surface area contributed by atoms with Crippen LogP contribution in [0.4, 0.5) is 0 Å². The fourth-order valence-electron chi connectivity index (χ4n) is 0.589. The van der Waals surface area contributed by atoms with Gasteiger partial charge in [-0.15, -0.1) is 0 Å². The summed E-state index contributed by atoms with van der Waals surface area (Å²) in [4.78, 5) is 0.217. The van der Waals surface area contributed by atoms with Crippen LogP contribution in [0.1, 0.15) is 32.6 Å². The second-order valence-electron chi connectivity index (χ2n) is 2.01. The Balaban J connectivity index is 2.72. The summed E-state index contributed by atoms with van der Waals surface area (Å²) in [6.45, 7) is 2.19. The first-order valence-electron chi connectivity index (χ1n) is 3.17. The zero-order valence-electron chi connectivity index (χ0n) is 5.36. The van der Waals surface area contributed by atoms with E-state index in [2.05, 4.69) is 22.9 Å². The maximum absolute atomic E-state index is 5.45. The van der Waals surface area contributed by atoms with Crippen LogP contribution >= 0.6 is 15.9 Å². The average Bonchev–Trinajstić information content (AvgIpc) is 1.66. The third-order valence-corrected chi connectivity index (χ3v) is 1.54. The smallest absolute Gasteiger partial charge is 0.0605 e. The lowest BCUT2D eigenvalue weighted by atomic mass is 10.2. The molecule has 0 saturated heterocycles. The molecular formula is C6H14BrN. The van der Waals surface area contributed by atoms with E-state index in [1.54, 1.807) is 0 Å². The molecule has 0 aromatic heterocycles. The van der Waals surface area contributed by atoms with E-state index in [9.17, 15) is 0 Å². The van der Waals surface area contributed by atoms with Crippen molar-refractivity contribution in [1.29, 1.82) is 0 Å². The lowest BCUT2D eigenvalue weighted by molar-refractivity contribution is 0.659. The Kier molecular flexibility index (Phi) is 5.88. The average molecular weight is 180 g/mol. The van der Waals surface area contributed by atoms with Gasteiger partial charge < -0.3 is 5.73 Å². The van der Waals surface area contributed by atoms with Crippen LogP contribution in [-0.2, 0) is 0 Å². The first-order chi connectivity index (χ1) is 3.77. The van der Waals surface area contributed by atoms with Crippen LogP contribution < -0.4 is 5.73 Å². The van der Waals surface area contributed by atoms with Crippen molar-refractivity contribution in [2.24, 2.45) is 5.73 Å². The molecular weight excluding hydrogens is 166 g/mol. The first kappa shape index (κ1) is 8.44. The molecule has 2 N–H and O–H groups in total. The van der Waals surface area contributed by atoms with Crippen LogP contribution in [0, 0.1) is 0 Å². The van der Waals surface area contributed by atoms with E-state index in [0.717, 1.165) is 6.42 Å². The molecule has 0 aromatic carbocycles. The number of nitrogens with two attached hydrogens (primary N) is 1. The second kappa shape index (κ2) is 5.57. The van der Waals surface area contributed by atoms with Gasteiger partial charge in [0.1, 0.15) is 0 Å². The van der Waals surface area contributed by atoms with Gasteiger partial charge >= 0.3 is 0 Å². The van der Waals surface area contributed by atoms with E-state index in [4.69, 9.17) is 5.73 Å². The van der Waals surface area contributed by atoms with Gasteiger partial charge in [-0.1, -0.05) is 42.1 Å². The molecule has 0 amide bonds. The number of halogens is 1. The SMILES string of the molecule is CCCCCC(N)Br. The zero-order chi connectivity index (χ0) is 6.41. The molecule has 0 spiro atoms. The van der Waals surface area contributed by atoms with Crippen molar-refractivity contribution in [3.8, 4) is 0 Å². The molecule has 50 valence electrons. The van der Waals surface area contributed by atoms with Crippen molar-refractivity contribution in [3.63, 3.8) is 0 Å². The van der Waals surface area contributed by atoms with E-state index < -0.39 is 0 Å². The molecule has 0 saturated carbocycles. The summed E-state index contributed by atoms with van der Waals surface area (Å²) in [6, 6.07) is 0. The van der Waals surface area contributed by atoms with Crippen LogP contribution in [-0.4, -0.2) is 4.95 Å². The lowest BCUT2D eigenvalue weighted by Gasteiger charge is -1.99. The van der Waals surface area contributed by atoms with Gasteiger partial charge in [0.25, 0.3) is 0 Å². The second-order valence-corrected chi connectivity index (χ2v) is 3.19. The van der Waals surface area contributed by atoms with Crippen LogP contribution in [0.2, 0.25) is 0 Å². The Labute approximate surface area is 59.8 Å². The van der Waals surface area contributed by atoms with E-state index in [-0.39, 0.29) is 4.95 Å². The van der Waals surface area contributed by atoms with Crippen molar-refractivity contribution >= 4 is 15.9 Å². The monoisotopic (exact) mass is 179 g/mol. The summed E-state index contributed by atoms with van der Waals surface area (Å²) in [7, 11) is 0. The highest BCUT2D eigenvalue weighted by atomic mass is 79.9. The minimum atomic E-state index is 0.217. The van der Waals surface area contributed by atoms with Crippen molar-refractivity contribution < 1.29 is 0 Å². The van der Waals surface area contributed by atoms with E-state index in [1.807, 2.05) is 0 Å². The molecule has 1 atom stereocenters. The highest BCUT2D eigenvalue weighted by molar-refractivity contribution is 9.09. The van der Waals surface area contributed by atoms with Gasteiger partial charge in [-0.25, -0.2) is 0 Å². The van der Waals surface area contributed by atoms with Gasteiger partial charge in [0.2, 0.25) is 0 Å². The predicted molar refractivity (Wildman–Crippen MR) is 41.0 cm³/mol. The standard InChI is InChI=1S/C6H14BrN/c1-2-3-4-5-6(7)8/h6H,2-5,8H2,1H3. The number of alkyl halides is 1. The molecule has 0 aliphatic rings. The summed E-state index contributed by atoms with van der Waals surface area (Å²) in [5.41, 5.74) is 5.45. The molecule has 0 rings (SSSR count). The molecule has 0 aliphatic carbocycles. The fraction of sp³-hybridized carbons (Fsp3) is 1.00. The van der Waals surface area contributed by atoms with Gasteiger partial charge in [0.05, 0.1) is 4.95 Å². The fourth-order valence-corrected chi connectivity index (χ4v) is 0.913. The van der Waals surface area contributed by atoms with Crippen LogP contribution in [0.5, 0.6) is 0 Å². The third-order valence-electron chi connectivity index (χ3n) is 1.08. The van der Waals surface area contributed by atoms with E-state index in [1.165, 1.54) is 19.3 Å². The molecule has 0 aromatic rings. The quantitative estimate of drug-likeness (QED) is 0.400. The van der Waals surface area contributed by atoms with Crippen molar-refractivity contribution in [3.05, 3.63) is 0 Å². The van der Waals surface area contributed by atoms with Gasteiger partial charge in [-0.2, -0.15) is 0 Å². The van der Waals surface area contributed by atoms with Crippen molar-refractivity contribution in [2.75, 3.05) is 0 Å². The Morgan fingerprint density at radius 3 is 2.50 bits per heavy atom. The number of rotatable bonds is 4. The Hall–Kier alpha value is 0.440. The molecule has 0 aliphatic heterocycles. The number of hydrogen-bond donors (Lipinski definition) is 1. The minimum Gasteiger partial charge on any atom is -0.319 e. The van der Waals surface area contributed by atoms with Crippen LogP contribution in [0.25, 0.3) is 0 Å². The van der Waals surface area contributed by atoms with Gasteiger partial charge in [-0.05, 0) is 6.42 Å². The lowest BCUT2D eigenvalue weighted by Crippen LogP contribution is -2.09. The highest BCUT2D eigenvalue weighted by Crippen LogP contribution is 2.04. The number of unbranched alkanes of at least 4 members (excludes halogenated alkanes) is 2. The molecule has 0 radical (unpaired) electrons. The molecule has 1 unspecified atom stereocenters. The summed E-state index contributed by atoms with van der Waals surface area (Å²) in [6.07, 6.45) is 4.94. The Morgan fingerprint density at radius 1 is 1.50 bits per heavy atom. The van der Waals surface area contributed by atoms with Gasteiger partial charge in [0, 0.05) is 0 Å².